The molecule has 0 unspecified atom stereocenters. The molecular formula is C11H6N2O5. The van der Waals surface area contributed by atoms with E-state index >= 15 is 0 Å². The predicted octanol–water partition coefficient (Wildman–Crippen LogP) is 1.38. The van der Waals surface area contributed by atoms with E-state index in [0.717, 1.165) is 12.1 Å². The summed E-state index contributed by atoms with van der Waals surface area (Å²) in [5.74, 6) is -1.32. The van der Waals surface area contributed by atoms with Gasteiger partial charge in [0.1, 0.15) is 6.07 Å². The summed E-state index contributed by atoms with van der Waals surface area (Å²) in [7, 11) is 0. The summed E-state index contributed by atoms with van der Waals surface area (Å²) in [6.45, 7) is 0. The number of rotatable bonds is 4. The number of nitro groups is 1. The Bertz CT molecular complexity index is 598. The van der Waals surface area contributed by atoms with Crippen molar-refractivity contribution < 1.29 is 19.6 Å². The number of hydrogen-bond acceptors (Lipinski definition) is 5. The molecule has 18 heavy (non-hydrogen) atoms. The van der Waals surface area contributed by atoms with E-state index in [4.69, 9.17) is 10.4 Å². The zero-order valence-electron chi connectivity index (χ0n) is 8.86. The highest BCUT2D eigenvalue weighted by Gasteiger charge is 2.21. The Morgan fingerprint density at radius 2 is 2.17 bits per heavy atom. The number of nitrogens with zero attached hydrogens (tertiary/aromatic N) is 2. The lowest BCUT2D eigenvalue weighted by atomic mass is 10.0. The normalized spacial score (nSPS) is 9.94. The third-order valence-electron chi connectivity index (χ3n) is 2.07. The number of carbonyl (C=O) groups is 2. The number of aldehydes is 1. The highest BCUT2D eigenvalue weighted by molar-refractivity contribution is 5.91. The van der Waals surface area contributed by atoms with Crippen LogP contribution in [0.15, 0.2) is 18.2 Å². The highest BCUT2D eigenvalue weighted by Crippen LogP contribution is 2.27. The van der Waals surface area contributed by atoms with Crippen LogP contribution < -0.4 is 0 Å². The molecule has 1 aromatic rings. The smallest absolute Gasteiger partial charge is 0.328 e. The van der Waals surface area contributed by atoms with Gasteiger partial charge in [-0.2, -0.15) is 5.26 Å². The lowest BCUT2D eigenvalue weighted by molar-refractivity contribution is -0.385. The largest absolute Gasteiger partial charge is 0.478 e. The molecule has 1 aromatic carbocycles. The third-order valence-corrected chi connectivity index (χ3v) is 2.07. The Morgan fingerprint density at radius 3 is 2.61 bits per heavy atom. The molecule has 0 heterocycles. The second-order valence-electron chi connectivity index (χ2n) is 3.12. The van der Waals surface area contributed by atoms with Gasteiger partial charge in [0, 0.05) is 6.08 Å². The van der Waals surface area contributed by atoms with Crippen molar-refractivity contribution in [2.45, 2.75) is 0 Å². The van der Waals surface area contributed by atoms with E-state index in [9.17, 15) is 19.7 Å². The number of benzene rings is 1. The van der Waals surface area contributed by atoms with Crippen LogP contribution in [0.4, 0.5) is 5.69 Å². The van der Waals surface area contributed by atoms with E-state index < -0.39 is 16.6 Å². The molecule has 0 saturated carbocycles. The maximum atomic E-state index is 10.9. The van der Waals surface area contributed by atoms with E-state index in [1.165, 1.54) is 6.07 Å². The predicted molar refractivity (Wildman–Crippen MR) is 59.9 cm³/mol. The molecule has 0 aliphatic heterocycles. The quantitative estimate of drug-likeness (QED) is 0.370. The summed E-state index contributed by atoms with van der Waals surface area (Å²) in [6, 6.07) is 4.06. The van der Waals surface area contributed by atoms with Gasteiger partial charge in [-0.25, -0.2) is 4.79 Å². The van der Waals surface area contributed by atoms with Gasteiger partial charge < -0.3 is 5.11 Å². The lowest BCUT2D eigenvalue weighted by Crippen LogP contribution is -2.00. The molecule has 90 valence electrons. The first-order chi connectivity index (χ1) is 8.51. The molecule has 0 bridgehead atoms. The molecule has 0 amide bonds. The summed E-state index contributed by atoms with van der Waals surface area (Å²) < 4.78 is 0. The number of carboxylic acid groups (broad SMARTS) is 1. The SMILES string of the molecule is N#Cc1ccc(C=O)c([N+](=O)[O-])c1/C=C/C(=O)O. The second kappa shape index (κ2) is 5.36. The van der Waals surface area contributed by atoms with E-state index in [2.05, 4.69) is 0 Å². The summed E-state index contributed by atoms with van der Waals surface area (Å²) in [4.78, 5) is 31.1. The molecule has 0 spiro atoms. The molecule has 0 saturated heterocycles. The molecule has 7 heteroatoms. The Kier molecular flexibility index (Phi) is 3.89. The zero-order chi connectivity index (χ0) is 13.7. The molecule has 1 rings (SSSR count). The lowest BCUT2D eigenvalue weighted by Gasteiger charge is -2.02. The Balaban J connectivity index is 3.61. The van der Waals surface area contributed by atoms with Crippen LogP contribution in [-0.2, 0) is 4.79 Å². The Labute approximate surface area is 101 Å². The first-order valence-corrected chi connectivity index (χ1v) is 4.59. The molecule has 0 aromatic heterocycles. The molecule has 0 atom stereocenters. The van der Waals surface area contributed by atoms with Gasteiger partial charge in [-0.3, -0.25) is 14.9 Å². The highest BCUT2D eigenvalue weighted by atomic mass is 16.6. The van der Waals surface area contributed by atoms with Crippen molar-refractivity contribution in [3.63, 3.8) is 0 Å². The number of nitriles is 1. The van der Waals surface area contributed by atoms with Crippen LogP contribution in [0.3, 0.4) is 0 Å². The summed E-state index contributed by atoms with van der Waals surface area (Å²) >= 11 is 0. The first-order valence-electron chi connectivity index (χ1n) is 4.59. The summed E-state index contributed by atoms with van der Waals surface area (Å²) in [5, 5.41) is 28.2. The molecular weight excluding hydrogens is 240 g/mol. The molecule has 0 aliphatic carbocycles. The van der Waals surface area contributed by atoms with Crippen molar-refractivity contribution in [2.75, 3.05) is 0 Å². The Morgan fingerprint density at radius 1 is 1.50 bits per heavy atom. The average Bonchev–Trinajstić information content (AvgIpc) is 2.34. The van der Waals surface area contributed by atoms with Crippen molar-refractivity contribution in [1.29, 1.82) is 5.26 Å². The maximum absolute atomic E-state index is 10.9. The van der Waals surface area contributed by atoms with Crippen LogP contribution >= 0.6 is 0 Å². The minimum absolute atomic E-state index is 0.0789. The van der Waals surface area contributed by atoms with Crippen molar-refractivity contribution in [2.24, 2.45) is 0 Å². The number of nitro benzene ring substituents is 1. The minimum atomic E-state index is -1.32. The van der Waals surface area contributed by atoms with E-state index in [1.807, 2.05) is 0 Å². The van der Waals surface area contributed by atoms with Gasteiger partial charge in [-0.1, -0.05) is 0 Å². The van der Waals surface area contributed by atoms with Crippen LogP contribution in [-0.4, -0.2) is 22.3 Å². The van der Waals surface area contributed by atoms with Crippen molar-refractivity contribution in [3.05, 3.63) is 45.0 Å². The average molecular weight is 246 g/mol. The molecule has 0 aliphatic rings. The monoisotopic (exact) mass is 246 g/mol. The molecule has 0 fully saturated rings. The van der Waals surface area contributed by atoms with Crippen LogP contribution in [0.5, 0.6) is 0 Å². The number of carbonyl (C=O) groups excluding carboxylic acids is 1. The van der Waals surface area contributed by atoms with Gasteiger partial charge in [0.15, 0.2) is 6.29 Å². The number of hydrogen-bond donors (Lipinski definition) is 1. The fourth-order valence-electron chi connectivity index (χ4n) is 1.34. The van der Waals surface area contributed by atoms with Gasteiger partial charge in [-0.15, -0.1) is 0 Å². The van der Waals surface area contributed by atoms with Gasteiger partial charge >= 0.3 is 5.97 Å². The number of aliphatic carboxylic acids is 1. The summed E-state index contributed by atoms with van der Waals surface area (Å²) in [5.41, 5.74) is -1.08. The van der Waals surface area contributed by atoms with Crippen molar-refractivity contribution in [3.8, 4) is 6.07 Å². The second-order valence-corrected chi connectivity index (χ2v) is 3.12. The van der Waals surface area contributed by atoms with Crippen LogP contribution in [0.2, 0.25) is 0 Å². The molecule has 0 radical (unpaired) electrons. The topological polar surface area (TPSA) is 121 Å². The van der Waals surface area contributed by atoms with Crippen LogP contribution in [0.1, 0.15) is 21.5 Å². The van der Waals surface area contributed by atoms with Gasteiger partial charge in [0.25, 0.3) is 5.69 Å². The fraction of sp³-hybridized carbons (Fsp3) is 0. The number of carboxylic acids is 1. The van der Waals surface area contributed by atoms with E-state index in [0.29, 0.717) is 6.08 Å². The van der Waals surface area contributed by atoms with Gasteiger partial charge in [-0.05, 0) is 18.2 Å². The first kappa shape index (κ1) is 13.1. The Hall–Kier alpha value is -3.01. The van der Waals surface area contributed by atoms with Crippen molar-refractivity contribution in [1.82, 2.24) is 0 Å². The standard InChI is InChI=1S/C11H6N2O5/c12-5-7-1-2-8(6-14)11(13(17)18)9(7)3-4-10(15)16/h1-4,6H,(H,15,16)/b4-3+. The van der Waals surface area contributed by atoms with Gasteiger partial charge in [0.05, 0.1) is 21.6 Å². The van der Waals surface area contributed by atoms with E-state index in [1.54, 1.807) is 6.07 Å². The molecule has 7 nitrogen and oxygen atoms in total. The van der Waals surface area contributed by atoms with Gasteiger partial charge in [0.2, 0.25) is 0 Å². The van der Waals surface area contributed by atoms with Crippen molar-refractivity contribution >= 4 is 24.0 Å². The van der Waals surface area contributed by atoms with Crippen LogP contribution in [0.25, 0.3) is 6.08 Å². The van der Waals surface area contributed by atoms with Crippen LogP contribution in [0, 0.1) is 21.4 Å². The van der Waals surface area contributed by atoms with E-state index in [-0.39, 0.29) is 23.0 Å². The zero-order valence-corrected chi connectivity index (χ0v) is 8.86. The summed E-state index contributed by atoms with van der Waals surface area (Å²) in [6.07, 6.45) is 1.86. The molecule has 1 N–H and O–H groups in total. The maximum Gasteiger partial charge on any atom is 0.328 e. The fourth-order valence-corrected chi connectivity index (χ4v) is 1.34. The third kappa shape index (κ3) is 2.56. The minimum Gasteiger partial charge on any atom is -0.478 e.